The fourth-order valence-corrected chi connectivity index (χ4v) is 4.04. The molecule has 0 saturated carbocycles. The van der Waals surface area contributed by atoms with Crippen molar-refractivity contribution < 1.29 is 9.90 Å². The third-order valence-corrected chi connectivity index (χ3v) is 5.44. The molecule has 0 spiro atoms. The molecular weight excluding hydrogens is 389 g/mol. The van der Waals surface area contributed by atoms with Crippen LogP contribution in [0.2, 0.25) is 5.02 Å². The molecule has 3 aromatic rings. The maximum absolute atomic E-state index is 11.8. The summed E-state index contributed by atoms with van der Waals surface area (Å²) in [7, 11) is 0. The summed E-state index contributed by atoms with van der Waals surface area (Å²) in [5, 5.41) is 15.8. The SMILES string of the molecule is O=C(O)c1c(-c2ccc(Cl)cc2)csc1NCC(Cl)Cc1ccccc1. The number of halogens is 2. The number of aromatic carboxylic acids is 1. The summed E-state index contributed by atoms with van der Waals surface area (Å²) in [6.45, 7) is 0.483. The summed E-state index contributed by atoms with van der Waals surface area (Å²) in [4.78, 5) is 11.8. The molecule has 134 valence electrons. The Labute approximate surface area is 166 Å². The van der Waals surface area contributed by atoms with Crippen molar-refractivity contribution in [1.29, 1.82) is 0 Å². The molecule has 2 aromatic carbocycles. The van der Waals surface area contributed by atoms with Gasteiger partial charge in [-0.1, -0.05) is 54.1 Å². The molecule has 0 aliphatic carbocycles. The van der Waals surface area contributed by atoms with E-state index >= 15 is 0 Å². The fourth-order valence-electron chi connectivity index (χ4n) is 2.69. The predicted octanol–water partition coefficient (Wildman–Crippen LogP) is 6.03. The molecule has 0 radical (unpaired) electrons. The highest BCUT2D eigenvalue weighted by Gasteiger charge is 2.20. The van der Waals surface area contributed by atoms with Crippen LogP contribution >= 0.6 is 34.5 Å². The molecule has 1 unspecified atom stereocenters. The van der Waals surface area contributed by atoms with Crippen LogP contribution in [0.1, 0.15) is 15.9 Å². The van der Waals surface area contributed by atoms with Crippen LogP contribution < -0.4 is 5.32 Å². The minimum absolute atomic E-state index is 0.139. The second kappa shape index (κ2) is 8.58. The van der Waals surface area contributed by atoms with Crippen molar-refractivity contribution in [3.05, 3.63) is 76.1 Å². The van der Waals surface area contributed by atoms with E-state index in [4.69, 9.17) is 23.2 Å². The van der Waals surface area contributed by atoms with Crippen molar-refractivity contribution >= 4 is 45.5 Å². The Morgan fingerprint density at radius 3 is 2.46 bits per heavy atom. The van der Waals surface area contributed by atoms with Gasteiger partial charge in [0.15, 0.2) is 0 Å². The number of alkyl halides is 1. The van der Waals surface area contributed by atoms with Crippen molar-refractivity contribution in [2.75, 3.05) is 11.9 Å². The lowest BCUT2D eigenvalue weighted by atomic mass is 10.0. The third kappa shape index (κ3) is 4.58. The van der Waals surface area contributed by atoms with Gasteiger partial charge in [-0.3, -0.25) is 0 Å². The number of hydrogen-bond acceptors (Lipinski definition) is 3. The summed E-state index contributed by atoms with van der Waals surface area (Å²) in [6.07, 6.45) is 0.715. The molecule has 1 heterocycles. The Balaban J connectivity index is 1.74. The lowest BCUT2D eigenvalue weighted by Crippen LogP contribution is -2.17. The lowest BCUT2D eigenvalue weighted by Gasteiger charge is -2.12. The van der Waals surface area contributed by atoms with E-state index < -0.39 is 5.97 Å². The zero-order valence-electron chi connectivity index (χ0n) is 13.8. The average molecular weight is 406 g/mol. The molecule has 6 heteroatoms. The van der Waals surface area contributed by atoms with Gasteiger partial charge in [-0.25, -0.2) is 4.79 Å². The molecule has 3 rings (SSSR count). The van der Waals surface area contributed by atoms with Crippen LogP contribution in [0.5, 0.6) is 0 Å². The van der Waals surface area contributed by atoms with Gasteiger partial charge in [0.1, 0.15) is 10.6 Å². The van der Waals surface area contributed by atoms with E-state index in [-0.39, 0.29) is 10.9 Å². The van der Waals surface area contributed by atoms with Crippen LogP contribution in [0.15, 0.2) is 60.0 Å². The number of hydrogen-bond donors (Lipinski definition) is 2. The van der Waals surface area contributed by atoms with E-state index in [0.717, 1.165) is 11.1 Å². The Kier molecular flexibility index (Phi) is 6.20. The van der Waals surface area contributed by atoms with Crippen LogP contribution in [-0.4, -0.2) is 23.0 Å². The number of carboxylic acid groups (broad SMARTS) is 1. The summed E-state index contributed by atoms with van der Waals surface area (Å²) in [5.74, 6) is -0.965. The maximum atomic E-state index is 11.8. The average Bonchev–Trinajstić information content (AvgIpc) is 3.06. The number of benzene rings is 2. The second-order valence-electron chi connectivity index (χ2n) is 5.83. The van der Waals surface area contributed by atoms with Crippen LogP contribution in [-0.2, 0) is 6.42 Å². The Morgan fingerprint density at radius 2 is 1.81 bits per heavy atom. The van der Waals surface area contributed by atoms with Gasteiger partial charge < -0.3 is 10.4 Å². The highest BCUT2D eigenvalue weighted by Crippen LogP contribution is 2.36. The molecule has 1 atom stereocenters. The summed E-state index contributed by atoms with van der Waals surface area (Å²) < 4.78 is 0. The van der Waals surface area contributed by atoms with Gasteiger partial charge >= 0.3 is 5.97 Å². The number of nitrogens with one attached hydrogen (secondary N) is 1. The van der Waals surface area contributed by atoms with Crippen LogP contribution in [0.4, 0.5) is 5.00 Å². The van der Waals surface area contributed by atoms with Crippen LogP contribution in [0, 0.1) is 0 Å². The summed E-state index contributed by atoms with van der Waals surface area (Å²) in [5.41, 5.74) is 2.92. The van der Waals surface area contributed by atoms with Crippen LogP contribution in [0.25, 0.3) is 11.1 Å². The van der Waals surface area contributed by atoms with Crippen molar-refractivity contribution in [3.63, 3.8) is 0 Å². The van der Waals surface area contributed by atoms with E-state index in [9.17, 15) is 9.90 Å². The molecule has 0 saturated heterocycles. The van der Waals surface area contributed by atoms with Gasteiger partial charge in [-0.05, 0) is 29.7 Å². The van der Waals surface area contributed by atoms with Gasteiger partial charge in [0.2, 0.25) is 0 Å². The molecule has 2 N–H and O–H groups in total. The van der Waals surface area contributed by atoms with Gasteiger partial charge in [0.25, 0.3) is 0 Å². The first-order valence-electron chi connectivity index (χ1n) is 8.07. The van der Waals surface area contributed by atoms with Crippen molar-refractivity contribution in [2.24, 2.45) is 0 Å². The van der Waals surface area contributed by atoms with Crippen LogP contribution in [0.3, 0.4) is 0 Å². The zero-order chi connectivity index (χ0) is 18.5. The van der Waals surface area contributed by atoms with E-state index in [2.05, 4.69) is 5.32 Å². The van der Waals surface area contributed by atoms with E-state index in [1.165, 1.54) is 11.3 Å². The summed E-state index contributed by atoms with van der Waals surface area (Å²) in [6, 6.07) is 17.1. The largest absolute Gasteiger partial charge is 0.478 e. The van der Waals surface area contributed by atoms with Gasteiger partial charge in [0, 0.05) is 22.5 Å². The molecule has 0 amide bonds. The Morgan fingerprint density at radius 1 is 1.12 bits per heavy atom. The molecule has 3 nitrogen and oxygen atoms in total. The first kappa shape index (κ1) is 18.8. The monoisotopic (exact) mass is 405 g/mol. The molecule has 0 aliphatic heterocycles. The number of thiophene rings is 1. The highest BCUT2D eigenvalue weighted by atomic mass is 35.5. The first-order valence-corrected chi connectivity index (χ1v) is 9.76. The predicted molar refractivity (Wildman–Crippen MR) is 110 cm³/mol. The van der Waals surface area contributed by atoms with Gasteiger partial charge in [-0.2, -0.15) is 0 Å². The molecule has 0 aliphatic rings. The quantitative estimate of drug-likeness (QED) is 0.471. The molecule has 26 heavy (non-hydrogen) atoms. The van der Waals surface area contributed by atoms with E-state index in [1.54, 1.807) is 12.1 Å². The van der Waals surface area contributed by atoms with E-state index in [0.29, 0.717) is 28.6 Å². The fraction of sp³-hybridized carbons (Fsp3) is 0.150. The van der Waals surface area contributed by atoms with Crippen molar-refractivity contribution in [2.45, 2.75) is 11.8 Å². The first-order chi connectivity index (χ1) is 12.5. The van der Waals surface area contributed by atoms with Crippen molar-refractivity contribution in [3.8, 4) is 11.1 Å². The normalized spacial score (nSPS) is 11.9. The standard InChI is InChI=1S/C20H17Cl2NO2S/c21-15-8-6-14(7-9-15)17-12-26-19(18(17)20(24)25)23-11-16(22)10-13-4-2-1-3-5-13/h1-9,12,16,23H,10-11H2,(H,24,25). The lowest BCUT2D eigenvalue weighted by molar-refractivity contribution is 0.0699. The number of rotatable bonds is 7. The topological polar surface area (TPSA) is 49.3 Å². The number of carbonyl (C=O) groups is 1. The second-order valence-corrected chi connectivity index (χ2v) is 7.77. The van der Waals surface area contributed by atoms with E-state index in [1.807, 2.05) is 47.8 Å². The molecule has 0 bridgehead atoms. The summed E-state index contributed by atoms with van der Waals surface area (Å²) >= 11 is 13.7. The van der Waals surface area contributed by atoms with Gasteiger partial charge in [0.05, 0.1) is 5.38 Å². The molecular formula is C20H17Cl2NO2S. The number of anilines is 1. The maximum Gasteiger partial charge on any atom is 0.339 e. The minimum atomic E-state index is -0.965. The number of carboxylic acids is 1. The van der Waals surface area contributed by atoms with Crippen molar-refractivity contribution in [1.82, 2.24) is 0 Å². The third-order valence-electron chi connectivity index (χ3n) is 3.94. The van der Waals surface area contributed by atoms with Gasteiger partial charge in [-0.15, -0.1) is 22.9 Å². The Bertz CT molecular complexity index is 879. The zero-order valence-corrected chi connectivity index (χ0v) is 16.1. The Hall–Kier alpha value is -2.01. The molecule has 0 fully saturated rings. The highest BCUT2D eigenvalue weighted by molar-refractivity contribution is 7.15. The minimum Gasteiger partial charge on any atom is -0.478 e. The smallest absolute Gasteiger partial charge is 0.339 e. The molecule has 1 aromatic heterocycles.